The van der Waals surface area contributed by atoms with E-state index < -0.39 is 0 Å². The van der Waals surface area contributed by atoms with Crippen LogP contribution in [0.2, 0.25) is 0 Å². The molecule has 0 radical (unpaired) electrons. The average Bonchev–Trinajstić information content (AvgIpc) is 2.33. The number of benzene rings is 1. The second kappa shape index (κ2) is 5.00. The maximum absolute atomic E-state index is 13.0. The number of anilines is 1. The molecular formula is C13H14FN3O. The Morgan fingerprint density at radius 1 is 1.33 bits per heavy atom. The van der Waals surface area contributed by atoms with Crippen molar-refractivity contribution in [3.63, 3.8) is 0 Å². The fourth-order valence-electron chi connectivity index (χ4n) is 1.66. The van der Waals surface area contributed by atoms with Crippen molar-refractivity contribution in [3.8, 4) is 11.6 Å². The number of nitrogens with two attached hydrogens (primary N) is 1. The highest BCUT2D eigenvalue weighted by atomic mass is 19.1. The third-order valence-corrected chi connectivity index (χ3v) is 2.64. The zero-order valence-corrected chi connectivity index (χ0v) is 10.3. The van der Waals surface area contributed by atoms with Crippen LogP contribution in [0.1, 0.15) is 18.1 Å². The summed E-state index contributed by atoms with van der Waals surface area (Å²) in [4.78, 5) is 7.98. The maximum atomic E-state index is 13.0. The summed E-state index contributed by atoms with van der Waals surface area (Å²) in [6.45, 7) is 3.72. The van der Waals surface area contributed by atoms with Crippen molar-refractivity contribution in [1.29, 1.82) is 0 Å². The number of hydrogen-bond acceptors (Lipinski definition) is 4. The molecule has 94 valence electrons. The molecule has 4 nitrogen and oxygen atoms in total. The molecule has 0 saturated carbocycles. The van der Waals surface area contributed by atoms with E-state index in [2.05, 4.69) is 9.97 Å². The van der Waals surface area contributed by atoms with E-state index in [0.717, 1.165) is 5.56 Å². The summed E-state index contributed by atoms with van der Waals surface area (Å²) in [7, 11) is 0. The highest BCUT2D eigenvalue weighted by Gasteiger charge is 2.11. The third kappa shape index (κ3) is 2.40. The topological polar surface area (TPSA) is 61.0 Å². The minimum Gasteiger partial charge on any atom is -0.438 e. The van der Waals surface area contributed by atoms with E-state index in [0.29, 0.717) is 29.4 Å². The van der Waals surface area contributed by atoms with E-state index in [1.54, 1.807) is 13.0 Å². The summed E-state index contributed by atoms with van der Waals surface area (Å²) in [5, 5.41) is 0. The van der Waals surface area contributed by atoms with Crippen LogP contribution in [0.25, 0.3) is 0 Å². The summed E-state index contributed by atoms with van der Waals surface area (Å²) in [6, 6.07) is 4.33. The van der Waals surface area contributed by atoms with Gasteiger partial charge in [-0.2, -0.15) is 0 Å². The summed E-state index contributed by atoms with van der Waals surface area (Å²) in [6.07, 6.45) is 2.02. The zero-order valence-electron chi connectivity index (χ0n) is 10.3. The Hall–Kier alpha value is -2.17. The van der Waals surface area contributed by atoms with Gasteiger partial charge in [0.1, 0.15) is 23.7 Å². The van der Waals surface area contributed by atoms with E-state index in [1.807, 2.05) is 6.92 Å². The predicted molar refractivity (Wildman–Crippen MR) is 67.0 cm³/mol. The van der Waals surface area contributed by atoms with Crippen molar-refractivity contribution in [2.75, 3.05) is 5.73 Å². The molecule has 0 spiro atoms. The first-order valence-electron chi connectivity index (χ1n) is 5.65. The van der Waals surface area contributed by atoms with Crippen LogP contribution in [0, 0.1) is 12.7 Å². The van der Waals surface area contributed by atoms with Gasteiger partial charge in [0, 0.05) is 0 Å². The molecule has 0 aliphatic rings. The van der Waals surface area contributed by atoms with Gasteiger partial charge in [0.2, 0.25) is 5.88 Å². The van der Waals surface area contributed by atoms with E-state index in [-0.39, 0.29) is 5.82 Å². The number of halogens is 1. The minimum absolute atomic E-state index is 0.294. The first kappa shape index (κ1) is 12.3. The number of rotatable bonds is 3. The highest BCUT2D eigenvalue weighted by Crippen LogP contribution is 2.28. The van der Waals surface area contributed by atoms with E-state index in [4.69, 9.17) is 10.5 Å². The summed E-state index contributed by atoms with van der Waals surface area (Å²) in [5.74, 6) is 1.09. The van der Waals surface area contributed by atoms with Crippen LogP contribution in [0.4, 0.5) is 10.2 Å². The Morgan fingerprint density at radius 2 is 2.11 bits per heavy atom. The number of ether oxygens (including phenoxy) is 1. The molecule has 0 bridgehead atoms. The van der Waals surface area contributed by atoms with Crippen LogP contribution < -0.4 is 10.5 Å². The van der Waals surface area contributed by atoms with E-state index in [9.17, 15) is 4.39 Å². The lowest BCUT2D eigenvalue weighted by atomic mass is 10.2. The van der Waals surface area contributed by atoms with Gasteiger partial charge in [0.05, 0.1) is 5.56 Å². The standard InChI is InChI=1S/C13H14FN3O/c1-3-10-12(15)16-7-17-13(10)18-11-5-4-9(14)6-8(11)2/h4-7H,3H2,1-2H3,(H2,15,16,17). The Bertz CT molecular complexity index is 572. The van der Waals surface area contributed by atoms with Gasteiger partial charge in [-0.05, 0) is 37.1 Å². The summed E-state index contributed by atoms with van der Waals surface area (Å²) in [5.41, 5.74) is 7.21. The van der Waals surface area contributed by atoms with Crippen molar-refractivity contribution in [1.82, 2.24) is 9.97 Å². The number of nitrogen functional groups attached to an aromatic ring is 1. The zero-order chi connectivity index (χ0) is 13.1. The van der Waals surface area contributed by atoms with Crippen molar-refractivity contribution in [2.24, 2.45) is 0 Å². The first-order chi connectivity index (χ1) is 8.61. The Morgan fingerprint density at radius 3 is 2.78 bits per heavy atom. The Kier molecular flexibility index (Phi) is 3.41. The van der Waals surface area contributed by atoms with Gasteiger partial charge in [-0.25, -0.2) is 14.4 Å². The van der Waals surface area contributed by atoms with Gasteiger partial charge in [-0.3, -0.25) is 0 Å². The number of hydrogen-bond donors (Lipinski definition) is 1. The second-order valence-corrected chi connectivity index (χ2v) is 3.91. The molecule has 0 aliphatic carbocycles. The molecule has 0 atom stereocenters. The molecule has 2 aromatic rings. The van der Waals surface area contributed by atoms with Crippen molar-refractivity contribution >= 4 is 5.82 Å². The second-order valence-electron chi connectivity index (χ2n) is 3.91. The maximum Gasteiger partial charge on any atom is 0.227 e. The number of aryl methyl sites for hydroxylation is 1. The van der Waals surface area contributed by atoms with Gasteiger partial charge in [-0.1, -0.05) is 6.92 Å². The third-order valence-electron chi connectivity index (χ3n) is 2.64. The number of aromatic nitrogens is 2. The quantitative estimate of drug-likeness (QED) is 0.905. The van der Waals surface area contributed by atoms with Crippen LogP contribution in [-0.4, -0.2) is 9.97 Å². The molecule has 0 fully saturated rings. The number of nitrogens with zero attached hydrogens (tertiary/aromatic N) is 2. The molecule has 2 N–H and O–H groups in total. The Balaban J connectivity index is 2.37. The molecule has 0 amide bonds. The lowest BCUT2D eigenvalue weighted by molar-refractivity contribution is 0.450. The van der Waals surface area contributed by atoms with Crippen molar-refractivity contribution < 1.29 is 9.13 Å². The first-order valence-corrected chi connectivity index (χ1v) is 5.65. The van der Waals surface area contributed by atoms with Gasteiger partial charge in [-0.15, -0.1) is 0 Å². The SMILES string of the molecule is CCc1c(N)ncnc1Oc1ccc(F)cc1C. The largest absolute Gasteiger partial charge is 0.438 e. The van der Waals surface area contributed by atoms with Crippen LogP contribution in [0.3, 0.4) is 0 Å². The van der Waals surface area contributed by atoms with Crippen LogP contribution in [-0.2, 0) is 6.42 Å². The molecular weight excluding hydrogens is 233 g/mol. The molecule has 2 rings (SSSR count). The minimum atomic E-state index is -0.294. The van der Waals surface area contributed by atoms with E-state index in [1.165, 1.54) is 18.5 Å². The van der Waals surface area contributed by atoms with Gasteiger partial charge < -0.3 is 10.5 Å². The lowest BCUT2D eigenvalue weighted by Gasteiger charge is -2.11. The molecule has 18 heavy (non-hydrogen) atoms. The Labute approximate surface area is 105 Å². The molecule has 0 unspecified atom stereocenters. The van der Waals surface area contributed by atoms with Crippen LogP contribution in [0.15, 0.2) is 24.5 Å². The van der Waals surface area contributed by atoms with Gasteiger partial charge in [0.25, 0.3) is 0 Å². The smallest absolute Gasteiger partial charge is 0.227 e. The highest BCUT2D eigenvalue weighted by molar-refractivity contribution is 5.46. The average molecular weight is 247 g/mol. The summed E-state index contributed by atoms with van der Waals surface area (Å²) < 4.78 is 18.7. The van der Waals surface area contributed by atoms with Gasteiger partial charge >= 0.3 is 0 Å². The molecule has 1 aromatic heterocycles. The predicted octanol–water partition coefficient (Wildman–Crippen LogP) is 2.86. The fraction of sp³-hybridized carbons (Fsp3) is 0.231. The van der Waals surface area contributed by atoms with Crippen molar-refractivity contribution in [2.45, 2.75) is 20.3 Å². The normalized spacial score (nSPS) is 10.4. The monoisotopic (exact) mass is 247 g/mol. The molecule has 0 saturated heterocycles. The molecule has 1 heterocycles. The lowest BCUT2D eigenvalue weighted by Crippen LogP contribution is -2.02. The van der Waals surface area contributed by atoms with Gasteiger partial charge in [0.15, 0.2) is 0 Å². The summed E-state index contributed by atoms with van der Waals surface area (Å²) >= 11 is 0. The molecule has 0 aliphatic heterocycles. The molecule has 5 heteroatoms. The molecule has 1 aromatic carbocycles. The van der Waals surface area contributed by atoms with E-state index >= 15 is 0 Å². The fourth-order valence-corrected chi connectivity index (χ4v) is 1.66. The van der Waals surface area contributed by atoms with Crippen LogP contribution in [0.5, 0.6) is 11.6 Å². The van der Waals surface area contributed by atoms with Crippen molar-refractivity contribution in [3.05, 3.63) is 41.5 Å². The van der Waals surface area contributed by atoms with Crippen LogP contribution >= 0.6 is 0 Å².